The maximum absolute atomic E-state index is 12.1. The number of amides is 1. The van der Waals surface area contributed by atoms with Crippen LogP contribution in [0.2, 0.25) is 0 Å². The van der Waals surface area contributed by atoms with Crippen LogP contribution in [0.4, 0.5) is 5.69 Å². The van der Waals surface area contributed by atoms with Crippen LogP contribution in [0.1, 0.15) is 17.3 Å². The number of rotatable bonds is 5. The number of phenolic OH excluding ortho intramolecular Hbond substituents is 1. The molecule has 0 unspecified atom stereocenters. The second kappa shape index (κ2) is 7.83. The van der Waals surface area contributed by atoms with Crippen molar-refractivity contribution in [2.24, 2.45) is 0 Å². The lowest BCUT2D eigenvalue weighted by molar-refractivity contribution is -0.123. The van der Waals surface area contributed by atoms with Crippen LogP contribution in [0.25, 0.3) is 0 Å². The number of methoxy groups -OCH3 is 1. The largest absolute Gasteiger partial charge is 0.507 e. The molecule has 0 bridgehead atoms. The first-order valence-electron chi connectivity index (χ1n) is 7.05. The summed E-state index contributed by atoms with van der Waals surface area (Å²) in [6, 6.07) is 11.2. The number of halogens is 1. The van der Waals surface area contributed by atoms with Gasteiger partial charge in [-0.1, -0.05) is 15.9 Å². The van der Waals surface area contributed by atoms with E-state index in [4.69, 9.17) is 9.47 Å². The van der Waals surface area contributed by atoms with E-state index < -0.39 is 18.0 Å². The summed E-state index contributed by atoms with van der Waals surface area (Å²) in [5.41, 5.74) is 0.539. The number of nitrogens with one attached hydrogen (secondary N) is 1. The molecular weight excluding hydrogens is 378 g/mol. The van der Waals surface area contributed by atoms with Crippen LogP contribution in [-0.4, -0.2) is 30.2 Å². The molecule has 0 radical (unpaired) electrons. The summed E-state index contributed by atoms with van der Waals surface area (Å²) in [6.45, 7) is 1.45. The summed E-state index contributed by atoms with van der Waals surface area (Å²) >= 11 is 3.30. The normalized spacial score (nSPS) is 11.5. The van der Waals surface area contributed by atoms with Crippen LogP contribution in [0.15, 0.2) is 46.9 Å². The van der Waals surface area contributed by atoms with E-state index in [1.54, 1.807) is 24.3 Å². The van der Waals surface area contributed by atoms with Crippen LogP contribution in [0.5, 0.6) is 11.5 Å². The van der Waals surface area contributed by atoms with Crippen LogP contribution in [0.3, 0.4) is 0 Å². The van der Waals surface area contributed by atoms with Gasteiger partial charge in [-0.3, -0.25) is 4.79 Å². The van der Waals surface area contributed by atoms with E-state index in [0.29, 0.717) is 11.4 Å². The minimum Gasteiger partial charge on any atom is -0.507 e. The van der Waals surface area contributed by atoms with Crippen molar-refractivity contribution in [1.29, 1.82) is 0 Å². The minimum atomic E-state index is -1.03. The van der Waals surface area contributed by atoms with E-state index >= 15 is 0 Å². The summed E-state index contributed by atoms with van der Waals surface area (Å²) in [7, 11) is 1.45. The Morgan fingerprint density at radius 2 is 1.83 bits per heavy atom. The van der Waals surface area contributed by atoms with Gasteiger partial charge in [-0.2, -0.15) is 0 Å². The molecule has 7 heteroatoms. The molecule has 0 aliphatic carbocycles. The molecule has 2 aromatic rings. The molecule has 2 rings (SSSR count). The molecule has 6 nitrogen and oxygen atoms in total. The first-order chi connectivity index (χ1) is 11.4. The average molecular weight is 394 g/mol. The highest BCUT2D eigenvalue weighted by atomic mass is 79.9. The number of hydrogen-bond donors (Lipinski definition) is 2. The molecule has 0 aliphatic heterocycles. The Bertz CT molecular complexity index is 745. The first kappa shape index (κ1) is 17.8. The molecule has 0 spiro atoms. The lowest BCUT2D eigenvalue weighted by Gasteiger charge is -2.14. The monoisotopic (exact) mass is 393 g/mol. The van der Waals surface area contributed by atoms with E-state index in [1.165, 1.54) is 32.2 Å². The van der Waals surface area contributed by atoms with Crippen molar-refractivity contribution in [1.82, 2.24) is 0 Å². The van der Waals surface area contributed by atoms with Crippen molar-refractivity contribution in [2.75, 3.05) is 12.4 Å². The lowest BCUT2D eigenvalue weighted by atomic mass is 10.2. The quantitative estimate of drug-likeness (QED) is 0.760. The van der Waals surface area contributed by atoms with Crippen molar-refractivity contribution in [3.63, 3.8) is 0 Å². The Morgan fingerprint density at radius 3 is 2.42 bits per heavy atom. The van der Waals surface area contributed by atoms with Crippen LogP contribution < -0.4 is 10.1 Å². The average Bonchev–Trinajstić information content (AvgIpc) is 2.56. The van der Waals surface area contributed by atoms with E-state index in [0.717, 1.165) is 4.47 Å². The molecule has 0 heterocycles. The predicted molar refractivity (Wildman–Crippen MR) is 92.3 cm³/mol. The van der Waals surface area contributed by atoms with E-state index in [9.17, 15) is 14.7 Å². The Labute approximate surface area is 147 Å². The Kier molecular flexibility index (Phi) is 5.81. The minimum absolute atomic E-state index is 0.0425. The maximum Gasteiger partial charge on any atom is 0.342 e. The van der Waals surface area contributed by atoms with E-state index in [1.807, 2.05) is 0 Å². The summed E-state index contributed by atoms with van der Waals surface area (Å²) in [4.78, 5) is 24.1. The molecule has 1 amide bonds. The molecule has 24 heavy (non-hydrogen) atoms. The van der Waals surface area contributed by atoms with Gasteiger partial charge in [-0.05, 0) is 43.3 Å². The van der Waals surface area contributed by atoms with Gasteiger partial charge in [0.25, 0.3) is 5.91 Å². The van der Waals surface area contributed by atoms with Crippen molar-refractivity contribution in [3.05, 3.63) is 52.5 Å². The molecule has 0 saturated carbocycles. The number of hydrogen-bond acceptors (Lipinski definition) is 5. The topological polar surface area (TPSA) is 84.9 Å². The third-order valence-electron chi connectivity index (χ3n) is 3.19. The SMILES string of the molecule is COc1ccc(C(=O)O[C@@H](C)C(=O)Nc2ccc(Br)cc2)c(O)c1. The third kappa shape index (κ3) is 4.48. The van der Waals surface area contributed by atoms with Crippen LogP contribution >= 0.6 is 15.9 Å². The molecule has 0 saturated heterocycles. The first-order valence-corrected chi connectivity index (χ1v) is 7.84. The number of ether oxygens (including phenoxy) is 2. The molecule has 0 aliphatic rings. The molecule has 0 fully saturated rings. The van der Waals surface area contributed by atoms with E-state index in [-0.39, 0.29) is 11.3 Å². The molecule has 1 atom stereocenters. The zero-order valence-corrected chi connectivity index (χ0v) is 14.7. The van der Waals surface area contributed by atoms with Gasteiger partial charge in [0.15, 0.2) is 6.10 Å². The van der Waals surface area contributed by atoms with Gasteiger partial charge in [0.2, 0.25) is 0 Å². The van der Waals surface area contributed by atoms with Gasteiger partial charge in [-0.15, -0.1) is 0 Å². The number of anilines is 1. The second-order valence-electron chi connectivity index (χ2n) is 4.93. The molecule has 2 N–H and O–H groups in total. The fourth-order valence-electron chi connectivity index (χ4n) is 1.87. The smallest absolute Gasteiger partial charge is 0.342 e. The van der Waals surface area contributed by atoms with Gasteiger partial charge in [0.05, 0.1) is 7.11 Å². The standard InChI is InChI=1S/C17H16BrNO5/c1-10(16(21)19-12-5-3-11(18)4-6-12)24-17(22)14-8-7-13(23-2)9-15(14)20/h3-10,20H,1-2H3,(H,19,21)/t10-/m0/s1. The zero-order chi connectivity index (χ0) is 17.7. The number of carbonyl (C=O) groups is 2. The summed E-state index contributed by atoms with van der Waals surface area (Å²) < 4.78 is 10.9. The molecular formula is C17H16BrNO5. The van der Waals surface area contributed by atoms with Gasteiger partial charge in [0.1, 0.15) is 17.1 Å². The summed E-state index contributed by atoms with van der Waals surface area (Å²) in [5, 5.41) is 12.5. The van der Waals surface area contributed by atoms with Gasteiger partial charge >= 0.3 is 5.97 Å². The van der Waals surface area contributed by atoms with Crippen molar-refractivity contribution < 1.29 is 24.2 Å². The number of phenols is 1. The Morgan fingerprint density at radius 1 is 1.17 bits per heavy atom. The van der Waals surface area contributed by atoms with E-state index in [2.05, 4.69) is 21.2 Å². The number of esters is 1. The Hall–Kier alpha value is -2.54. The van der Waals surface area contributed by atoms with Crippen molar-refractivity contribution in [3.8, 4) is 11.5 Å². The fourth-order valence-corrected chi connectivity index (χ4v) is 2.13. The van der Waals surface area contributed by atoms with Gasteiger partial charge in [0, 0.05) is 16.2 Å². The number of aromatic hydroxyl groups is 1. The van der Waals surface area contributed by atoms with Crippen molar-refractivity contribution >= 4 is 33.5 Å². The highest BCUT2D eigenvalue weighted by Crippen LogP contribution is 2.24. The third-order valence-corrected chi connectivity index (χ3v) is 3.72. The van der Waals surface area contributed by atoms with Gasteiger partial charge in [-0.25, -0.2) is 4.79 Å². The highest BCUT2D eigenvalue weighted by molar-refractivity contribution is 9.10. The molecule has 126 valence electrons. The number of carbonyl (C=O) groups excluding carboxylic acids is 2. The summed E-state index contributed by atoms with van der Waals surface area (Å²) in [5.74, 6) is -1.14. The molecule has 0 aromatic heterocycles. The fraction of sp³-hybridized carbons (Fsp3) is 0.176. The highest BCUT2D eigenvalue weighted by Gasteiger charge is 2.21. The zero-order valence-electron chi connectivity index (χ0n) is 13.1. The van der Waals surface area contributed by atoms with Crippen LogP contribution in [0, 0.1) is 0 Å². The van der Waals surface area contributed by atoms with Crippen molar-refractivity contribution in [2.45, 2.75) is 13.0 Å². The maximum atomic E-state index is 12.1. The van der Waals surface area contributed by atoms with Crippen LogP contribution in [-0.2, 0) is 9.53 Å². The Balaban J connectivity index is 2.00. The lowest BCUT2D eigenvalue weighted by Crippen LogP contribution is -2.30. The predicted octanol–water partition coefficient (Wildman–Crippen LogP) is 3.35. The number of benzene rings is 2. The van der Waals surface area contributed by atoms with Gasteiger partial charge < -0.3 is 19.9 Å². The second-order valence-corrected chi connectivity index (χ2v) is 5.84. The summed E-state index contributed by atoms with van der Waals surface area (Å²) in [6.07, 6.45) is -1.03. The molecule has 2 aromatic carbocycles.